The topological polar surface area (TPSA) is 75.7 Å². The number of sulfonamides is 1. The lowest BCUT2D eigenvalue weighted by atomic mass is 9.94. The van der Waals surface area contributed by atoms with E-state index in [1.807, 2.05) is 51.1 Å². The van der Waals surface area contributed by atoms with Gasteiger partial charge in [0.05, 0.1) is 12.0 Å². The van der Waals surface area contributed by atoms with Crippen molar-refractivity contribution >= 4 is 21.6 Å². The van der Waals surface area contributed by atoms with Crippen LogP contribution in [0.4, 0.5) is 5.69 Å². The van der Waals surface area contributed by atoms with Crippen LogP contribution in [0.5, 0.6) is 5.75 Å². The highest BCUT2D eigenvalue weighted by Crippen LogP contribution is 2.28. The molecular formula is C24H32N2O4S. The largest absolute Gasteiger partial charge is 0.497 e. The zero-order valence-electron chi connectivity index (χ0n) is 18.8. The normalized spacial score (nSPS) is 17.4. The van der Waals surface area contributed by atoms with Gasteiger partial charge in [-0.3, -0.25) is 4.79 Å². The van der Waals surface area contributed by atoms with Gasteiger partial charge in [0.2, 0.25) is 15.9 Å². The molecular weight excluding hydrogens is 412 g/mol. The van der Waals surface area contributed by atoms with E-state index in [1.54, 1.807) is 17.5 Å². The number of amides is 1. The number of nitrogens with one attached hydrogen (secondary N) is 1. The highest BCUT2D eigenvalue weighted by molar-refractivity contribution is 7.89. The number of methoxy groups -OCH3 is 1. The third kappa shape index (κ3) is 5.66. The van der Waals surface area contributed by atoms with E-state index in [1.165, 1.54) is 0 Å². The molecule has 1 unspecified atom stereocenters. The molecule has 0 aliphatic carbocycles. The summed E-state index contributed by atoms with van der Waals surface area (Å²) >= 11 is 0. The molecule has 7 heteroatoms. The molecule has 0 saturated carbocycles. The molecule has 0 bridgehead atoms. The zero-order chi connectivity index (χ0) is 22.6. The molecule has 168 valence electrons. The van der Waals surface area contributed by atoms with Crippen LogP contribution >= 0.6 is 0 Å². The Kier molecular flexibility index (Phi) is 7.38. The van der Waals surface area contributed by atoms with Gasteiger partial charge in [-0.1, -0.05) is 12.1 Å². The second kappa shape index (κ2) is 9.83. The van der Waals surface area contributed by atoms with Crippen LogP contribution in [-0.2, 0) is 14.8 Å². The summed E-state index contributed by atoms with van der Waals surface area (Å²) < 4.78 is 33.2. The lowest BCUT2D eigenvalue weighted by molar-refractivity contribution is -0.116. The Bertz CT molecular complexity index is 1050. The lowest BCUT2D eigenvalue weighted by Crippen LogP contribution is -2.40. The van der Waals surface area contributed by atoms with Gasteiger partial charge in [-0.2, -0.15) is 4.31 Å². The predicted molar refractivity (Wildman–Crippen MR) is 123 cm³/mol. The smallest absolute Gasteiger partial charge is 0.243 e. The maximum absolute atomic E-state index is 13.2. The van der Waals surface area contributed by atoms with Crippen LogP contribution < -0.4 is 10.1 Å². The number of ether oxygens (including phenoxy) is 1. The Labute approximate surface area is 185 Å². The second-order valence-corrected chi connectivity index (χ2v) is 10.3. The molecule has 0 aromatic heterocycles. The summed E-state index contributed by atoms with van der Waals surface area (Å²) in [5, 5.41) is 2.96. The molecule has 0 radical (unpaired) electrons. The zero-order valence-corrected chi connectivity index (χ0v) is 19.6. The number of rotatable bonds is 7. The highest BCUT2D eigenvalue weighted by Gasteiger charge is 2.31. The number of hydrogen-bond acceptors (Lipinski definition) is 4. The molecule has 1 fully saturated rings. The van der Waals surface area contributed by atoms with Crippen molar-refractivity contribution in [2.75, 3.05) is 25.5 Å². The van der Waals surface area contributed by atoms with Crippen molar-refractivity contribution in [3.8, 4) is 5.75 Å². The van der Waals surface area contributed by atoms with E-state index in [9.17, 15) is 13.2 Å². The van der Waals surface area contributed by atoms with Gasteiger partial charge in [0.15, 0.2) is 0 Å². The quantitative estimate of drug-likeness (QED) is 0.685. The van der Waals surface area contributed by atoms with Gasteiger partial charge in [0.25, 0.3) is 0 Å². The Morgan fingerprint density at radius 1 is 1.13 bits per heavy atom. The molecule has 2 aromatic carbocycles. The molecule has 1 aliphatic rings. The van der Waals surface area contributed by atoms with E-state index < -0.39 is 10.0 Å². The first-order valence-electron chi connectivity index (χ1n) is 10.7. The number of benzene rings is 2. The Balaban J connectivity index is 1.60. The van der Waals surface area contributed by atoms with Crippen molar-refractivity contribution < 1.29 is 17.9 Å². The van der Waals surface area contributed by atoms with Crippen molar-refractivity contribution in [3.05, 3.63) is 53.1 Å². The van der Waals surface area contributed by atoms with E-state index in [4.69, 9.17) is 4.74 Å². The minimum Gasteiger partial charge on any atom is -0.497 e. The third-order valence-electron chi connectivity index (χ3n) is 5.93. The summed E-state index contributed by atoms with van der Waals surface area (Å²) in [5.74, 6) is 0.877. The summed E-state index contributed by atoms with van der Waals surface area (Å²) in [6.45, 7) is 6.66. The molecule has 31 heavy (non-hydrogen) atoms. The number of anilines is 1. The average molecular weight is 445 g/mol. The maximum atomic E-state index is 13.2. The SMILES string of the molecule is COc1ccc(NC(=O)CCC2CCCN(S(=O)(=O)c3cc(C)ccc3C)C2)c(C)c1. The van der Waals surface area contributed by atoms with Crippen LogP contribution in [0, 0.1) is 26.7 Å². The van der Waals surface area contributed by atoms with Crippen molar-refractivity contribution in [1.82, 2.24) is 4.31 Å². The molecule has 1 amide bonds. The summed E-state index contributed by atoms with van der Waals surface area (Å²) in [6, 6.07) is 11.1. The van der Waals surface area contributed by atoms with Crippen LogP contribution in [-0.4, -0.2) is 38.8 Å². The summed E-state index contributed by atoms with van der Waals surface area (Å²) in [7, 11) is -1.91. The summed E-state index contributed by atoms with van der Waals surface area (Å²) in [5.41, 5.74) is 3.41. The number of piperidine rings is 1. The predicted octanol–water partition coefficient (Wildman–Crippen LogP) is 4.44. The van der Waals surface area contributed by atoms with Gasteiger partial charge >= 0.3 is 0 Å². The Morgan fingerprint density at radius 3 is 2.61 bits per heavy atom. The number of hydrogen-bond donors (Lipinski definition) is 1. The molecule has 1 atom stereocenters. The van der Waals surface area contributed by atoms with Crippen LogP contribution in [0.15, 0.2) is 41.3 Å². The van der Waals surface area contributed by atoms with E-state index in [0.717, 1.165) is 41.0 Å². The highest BCUT2D eigenvalue weighted by atomic mass is 32.2. The van der Waals surface area contributed by atoms with Crippen LogP contribution in [0.25, 0.3) is 0 Å². The first-order chi connectivity index (χ1) is 14.7. The first kappa shape index (κ1) is 23.3. The third-order valence-corrected chi connectivity index (χ3v) is 7.94. The average Bonchev–Trinajstić information content (AvgIpc) is 2.75. The second-order valence-electron chi connectivity index (χ2n) is 8.41. The molecule has 3 rings (SSSR count). The fourth-order valence-electron chi connectivity index (χ4n) is 4.06. The maximum Gasteiger partial charge on any atom is 0.243 e. The molecule has 1 N–H and O–H groups in total. The van der Waals surface area contributed by atoms with Crippen molar-refractivity contribution in [2.24, 2.45) is 5.92 Å². The number of aryl methyl sites for hydroxylation is 3. The number of nitrogens with zero attached hydrogens (tertiary/aromatic N) is 1. The summed E-state index contributed by atoms with van der Waals surface area (Å²) in [6.07, 6.45) is 2.79. The monoisotopic (exact) mass is 444 g/mol. The summed E-state index contributed by atoms with van der Waals surface area (Å²) in [4.78, 5) is 12.9. The first-order valence-corrected chi connectivity index (χ1v) is 12.2. The van der Waals surface area contributed by atoms with E-state index in [0.29, 0.717) is 30.8 Å². The van der Waals surface area contributed by atoms with Crippen molar-refractivity contribution in [1.29, 1.82) is 0 Å². The van der Waals surface area contributed by atoms with Gasteiger partial charge in [-0.05, 0) is 86.9 Å². The molecule has 1 saturated heterocycles. The number of carbonyl (C=O) groups excluding carboxylic acids is 1. The van der Waals surface area contributed by atoms with Gasteiger partial charge in [-0.25, -0.2) is 8.42 Å². The van der Waals surface area contributed by atoms with Crippen molar-refractivity contribution in [3.63, 3.8) is 0 Å². The number of carbonyl (C=O) groups is 1. The van der Waals surface area contributed by atoms with Crippen LogP contribution in [0.3, 0.4) is 0 Å². The lowest BCUT2D eigenvalue weighted by Gasteiger charge is -2.32. The molecule has 1 aliphatic heterocycles. The minimum atomic E-state index is -3.53. The Hall–Kier alpha value is -2.38. The van der Waals surface area contributed by atoms with Crippen molar-refractivity contribution in [2.45, 2.75) is 51.3 Å². The van der Waals surface area contributed by atoms with Gasteiger partial charge in [-0.15, -0.1) is 0 Å². The van der Waals surface area contributed by atoms with Crippen LogP contribution in [0.1, 0.15) is 42.4 Å². The van der Waals surface area contributed by atoms with E-state index in [2.05, 4.69) is 5.32 Å². The van der Waals surface area contributed by atoms with Crippen LogP contribution in [0.2, 0.25) is 0 Å². The van der Waals surface area contributed by atoms with Gasteiger partial charge < -0.3 is 10.1 Å². The molecule has 1 heterocycles. The molecule has 2 aromatic rings. The standard InChI is InChI=1S/C24H32N2O4S/c1-17-7-8-18(2)23(14-17)31(28,29)26-13-5-6-20(16-26)9-12-24(27)25-22-11-10-21(30-4)15-19(22)3/h7-8,10-11,14-15,20H,5-6,9,12-13,16H2,1-4H3,(H,25,27). The van der Waals surface area contributed by atoms with Gasteiger partial charge in [0, 0.05) is 25.2 Å². The van der Waals surface area contributed by atoms with E-state index in [-0.39, 0.29) is 11.8 Å². The fourth-order valence-corrected chi connectivity index (χ4v) is 5.92. The van der Waals surface area contributed by atoms with E-state index >= 15 is 0 Å². The molecule has 0 spiro atoms. The molecule has 6 nitrogen and oxygen atoms in total. The van der Waals surface area contributed by atoms with Gasteiger partial charge in [0.1, 0.15) is 5.75 Å². The fraction of sp³-hybridized carbons (Fsp3) is 0.458. The minimum absolute atomic E-state index is 0.0530. The Morgan fingerprint density at radius 2 is 1.90 bits per heavy atom.